The number of hydrogen-bond acceptors (Lipinski definition) is 5. The fourth-order valence-electron chi connectivity index (χ4n) is 3.50. The Morgan fingerprint density at radius 3 is 2.44 bits per heavy atom. The molecule has 0 unspecified atom stereocenters. The molecule has 6 heteroatoms. The van der Waals surface area contributed by atoms with Crippen LogP contribution in [0.2, 0.25) is 0 Å². The van der Waals surface area contributed by atoms with Crippen LogP contribution in [0.25, 0.3) is 0 Å². The summed E-state index contributed by atoms with van der Waals surface area (Å²) in [6.07, 6.45) is 3.26. The van der Waals surface area contributed by atoms with E-state index in [4.69, 9.17) is 5.11 Å². The van der Waals surface area contributed by atoms with Crippen LogP contribution in [0.5, 0.6) is 0 Å². The number of carbonyl (C=O) groups excluding carboxylic acids is 1. The number of nitrogens with zero attached hydrogens (tertiary/aromatic N) is 2. The molecule has 25 heavy (non-hydrogen) atoms. The van der Waals surface area contributed by atoms with Gasteiger partial charge in [-0.2, -0.15) is 0 Å². The number of hydrogen-bond donors (Lipinski definition) is 1. The highest BCUT2D eigenvalue weighted by Crippen LogP contribution is 2.43. The van der Waals surface area contributed by atoms with Gasteiger partial charge in [0.2, 0.25) is 0 Å². The molecule has 0 spiro atoms. The number of aliphatic hydroxyl groups excluding tert-OH is 1. The summed E-state index contributed by atoms with van der Waals surface area (Å²) in [5.74, 6) is 2.62. The van der Waals surface area contributed by atoms with Gasteiger partial charge in [-0.15, -0.1) is 23.5 Å². The molecule has 0 radical (unpaired) electrons. The van der Waals surface area contributed by atoms with Crippen molar-refractivity contribution in [2.45, 2.75) is 29.9 Å². The second kappa shape index (κ2) is 9.31. The van der Waals surface area contributed by atoms with Crippen LogP contribution in [0.3, 0.4) is 0 Å². The molecular formula is C19H28N2O2S2. The van der Waals surface area contributed by atoms with Crippen molar-refractivity contribution in [2.75, 3.05) is 44.8 Å². The molecule has 4 nitrogen and oxygen atoms in total. The van der Waals surface area contributed by atoms with Crippen molar-refractivity contribution in [1.29, 1.82) is 0 Å². The minimum Gasteiger partial charge on any atom is -0.395 e. The maximum atomic E-state index is 12.8. The molecule has 1 aromatic carbocycles. The molecule has 0 atom stereocenters. The van der Waals surface area contributed by atoms with Gasteiger partial charge in [-0.05, 0) is 55.5 Å². The SMILES string of the molecule is CN(CCO)C1CCN(C(=O)c2ccc(C3SCCCS3)cc2)CC1. The van der Waals surface area contributed by atoms with E-state index in [1.807, 2.05) is 40.6 Å². The summed E-state index contributed by atoms with van der Waals surface area (Å²) in [7, 11) is 2.05. The Morgan fingerprint density at radius 2 is 1.84 bits per heavy atom. The Kier molecular flexibility index (Phi) is 7.10. The first-order valence-corrected chi connectivity index (χ1v) is 11.2. The van der Waals surface area contributed by atoms with Crippen LogP contribution in [0.15, 0.2) is 24.3 Å². The van der Waals surface area contributed by atoms with Gasteiger partial charge in [0.05, 0.1) is 11.2 Å². The largest absolute Gasteiger partial charge is 0.395 e. The second-order valence-corrected chi connectivity index (χ2v) is 9.50. The number of likely N-dealkylation sites (tertiary alicyclic amines) is 1. The number of rotatable bonds is 5. The van der Waals surface area contributed by atoms with Crippen LogP contribution < -0.4 is 0 Å². The van der Waals surface area contributed by atoms with Gasteiger partial charge in [0.25, 0.3) is 5.91 Å². The first kappa shape index (κ1) is 19.1. The van der Waals surface area contributed by atoms with E-state index in [1.165, 1.54) is 23.5 Å². The van der Waals surface area contributed by atoms with E-state index < -0.39 is 0 Å². The van der Waals surface area contributed by atoms with Gasteiger partial charge in [-0.1, -0.05) is 12.1 Å². The zero-order valence-electron chi connectivity index (χ0n) is 14.9. The molecule has 0 aliphatic carbocycles. The van der Waals surface area contributed by atoms with E-state index in [2.05, 4.69) is 24.1 Å². The summed E-state index contributed by atoms with van der Waals surface area (Å²) in [5, 5.41) is 9.06. The average molecular weight is 381 g/mol. The Bertz CT molecular complexity index is 553. The Hall–Kier alpha value is -0.690. The van der Waals surface area contributed by atoms with Crippen LogP contribution in [0, 0.1) is 0 Å². The number of amides is 1. The van der Waals surface area contributed by atoms with Crippen molar-refractivity contribution in [3.63, 3.8) is 0 Å². The van der Waals surface area contributed by atoms with Crippen LogP contribution >= 0.6 is 23.5 Å². The fraction of sp³-hybridized carbons (Fsp3) is 0.632. The third-order valence-electron chi connectivity index (χ3n) is 5.08. The number of aliphatic hydroxyl groups is 1. The molecule has 1 N–H and O–H groups in total. The summed E-state index contributed by atoms with van der Waals surface area (Å²) in [5.41, 5.74) is 2.13. The lowest BCUT2D eigenvalue weighted by atomic mass is 10.0. The third kappa shape index (κ3) is 4.94. The maximum absolute atomic E-state index is 12.8. The van der Waals surface area contributed by atoms with Crippen molar-refractivity contribution in [3.8, 4) is 0 Å². The summed E-state index contributed by atoms with van der Waals surface area (Å²) in [4.78, 5) is 16.9. The van der Waals surface area contributed by atoms with Gasteiger partial charge in [-0.25, -0.2) is 0 Å². The van der Waals surface area contributed by atoms with Gasteiger partial charge < -0.3 is 14.9 Å². The molecule has 2 aliphatic heterocycles. The van der Waals surface area contributed by atoms with E-state index in [0.717, 1.165) is 31.5 Å². The highest BCUT2D eigenvalue weighted by Gasteiger charge is 2.26. The molecule has 0 saturated carbocycles. The number of piperidine rings is 1. The number of likely N-dealkylation sites (N-methyl/N-ethyl adjacent to an activating group) is 1. The van der Waals surface area contributed by atoms with Gasteiger partial charge in [0, 0.05) is 31.2 Å². The molecule has 3 rings (SSSR count). The minimum atomic E-state index is 0.152. The summed E-state index contributed by atoms with van der Waals surface area (Å²) in [6.45, 7) is 2.50. The average Bonchev–Trinajstić information content (AvgIpc) is 2.68. The van der Waals surface area contributed by atoms with E-state index in [0.29, 0.717) is 17.2 Å². The zero-order valence-corrected chi connectivity index (χ0v) is 16.5. The Morgan fingerprint density at radius 1 is 1.20 bits per heavy atom. The molecule has 1 amide bonds. The molecule has 2 aliphatic rings. The first-order valence-electron chi connectivity index (χ1n) is 9.12. The standard InChI is InChI=1S/C19H28N2O2S2/c1-20(11-12-22)17-7-9-21(10-8-17)18(23)15-3-5-16(6-4-15)19-24-13-2-14-25-19/h3-6,17,19,22H,2,7-14H2,1H3. The van der Waals surface area contributed by atoms with Gasteiger partial charge in [0.1, 0.15) is 0 Å². The van der Waals surface area contributed by atoms with Gasteiger partial charge in [0.15, 0.2) is 0 Å². The smallest absolute Gasteiger partial charge is 0.253 e. The lowest BCUT2D eigenvalue weighted by Crippen LogP contribution is -2.46. The molecular weight excluding hydrogens is 352 g/mol. The van der Waals surface area contributed by atoms with Crippen molar-refractivity contribution in [2.24, 2.45) is 0 Å². The zero-order chi connectivity index (χ0) is 17.6. The summed E-state index contributed by atoms with van der Waals surface area (Å²) >= 11 is 4.02. The minimum absolute atomic E-state index is 0.152. The van der Waals surface area contributed by atoms with Crippen LogP contribution in [-0.2, 0) is 0 Å². The molecule has 2 saturated heterocycles. The van der Waals surface area contributed by atoms with Crippen molar-refractivity contribution < 1.29 is 9.90 Å². The van der Waals surface area contributed by atoms with E-state index >= 15 is 0 Å². The molecule has 2 fully saturated rings. The second-order valence-electron chi connectivity index (χ2n) is 6.78. The highest BCUT2D eigenvalue weighted by atomic mass is 32.2. The quantitative estimate of drug-likeness (QED) is 0.850. The molecule has 2 heterocycles. The maximum Gasteiger partial charge on any atom is 0.253 e. The van der Waals surface area contributed by atoms with Crippen LogP contribution in [-0.4, -0.2) is 71.6 Å². The molecule has 1 aromatic rings. The first-order chi connectivity index (χ1) is 12.2. The van der Waals surface area contributed by atoms with Crippen LogP contribution in [0.4, 0.5) is 0 Å². The summed E-state index contributed by atoms with van der Waals surface area (Å²) < 4.78 is 0.524. The van der Waals surface area contributed by atoms with Gasteiger partial charge >= 0.3 is 0 Å². The van der Waals surface area contributed by atoms with Crippen molar-refractivity contribution >= 4 is 29.4 Å². The topological polar surface area (TPSA) is 43.8 Å². The van der Waals surface area contributed by atoms with Crippen molar-refractivity contribution in [3.05, 3.63) is 35.4 Å². The number of benzene rings is 1. The Balaban J connectivity index is 1.54. The lowest BCUT2D eigenvalue weighted by molar-refractivity contribution is 0.0628. The molecule has 0 aromatic heterocycles. The number of thioether (sulfide) groups is 2. The summed E-state index contributed by atoms with van der Waals surface area (Å²) in [6, 6.07) is 8.73. The van der Waals surface area contributed by atoms with Gasteiger partial charge in [-0.3, -0.25) is 4.79 Å². The third-order valence-corrected chi connectivity index (χ3v) is 8.10. The fourth-order valence-corrected chi connectivity index (χ4v) is 6.39. The predicted octanol–water partition coefficient (Wildman–Crippen LogP) is 3.08. The monoisotopic (exact) mass is 380 g/mol. The highest BCUT2D eigenvalue weighted by molar-refractivity contribution is 8.16. The van der Waals surface area contributed by atoms with Crippen molar-refractivity contribution in [1.82, 2.24) is 9.80 Å². The normalized spacial score (nSPS) is 20.2. The molecule has 138 valence electrons. The predicted molar refractivity (Wildman–Crippen MR) is 107 cm³/mol. The van der Waals surface area contributed by atoms with E-state index in [9.17, 15) is 4.79 Å². The van der Waals surface area contributed by atoms with E-state index in [1.54, 1.807) is 0 Å². The van der Waals surface area contributed by atoms with Crippen LogP contribution in [0.1, 0.15) is 39.8 Å². The lowest BCUT2D eigenvalue weighted by Gasteiger charge is -2.36. The number of carbonyl (C=O) groups is 1. The molecule has 0 bridgehead atoms. The Labute approximate surface area is 159 Å². The van der Waals surface area contributed by atoms with E-state index in [-0.39, 0.29) is 12.5 Å².